The molecule has 0 N–H and O–H groups in total. The Morgan fingerprint density at radius 1 is 0.380 bits per heavy atom. The van der Waals surface area contributed by atoms with Gasteiger partial charge in [-0.15, -0.1) is 0 Å². The van der Waals surface area contributed by atoms with Crippen molar-refractivity contribution < 1.29 is 28.6 Å². The molecule has 0 aromatic heterocycles. The van der Waals surface area contributed by atoms with Crippen LogP contribution in [0.5, 0.6) is 0 Å². The topological polar surface area (TPSA) is 78.9 Å². The van der Waals surface area contributed by atoms with Gasteiger partial charge in [-0.3, -0.25) is 14.4 Å². The molecule has 0 aliphatic heterocycles. The van der Waals surface area contributed by atoms with Crippen molar-refractivity contribution in [3.8, 4) is 0 Å². The molecule has 0 aromatic carbocycles. The van der Waals surface area contributed by atoms with Crippen LogP contribution in [0, 0.1) is 5.92 Å². The Bertz CT molecular complexity index is 751. The predicted molar refractivity (Wildman–Crippen MR) is 210 cm³/mol. The normalized spacial score (nSPS) is 11.9. The van der Waals surface area contributed by atoms with Gasteiger partial charge in [0.25, 0.3) is 0 Å². The fourth-order valence-corrected chi connectivity index (χ4v) is 6.45. The molecule has 296 valence electrons. The van der Waals surface area contributed by atoms with Crippen molar-refractivity contribution in [1.82, 2.24) is 0 Å². The number of ether oxygens (including phenoxy) is 3. The van der Waals surface area contributed by atoms with Crippen molar-refractivity contribution >= 4 is 17.9 Å². The minimum atomic E-state index is -0.756. The Balaban J connectivity index is 4.14. The minimum absolute atomic E-state index is 0.0650. The van der Waals surface area contributed by atoms with Crippen molar-refractivity contribution in [1.29, 1.82) is 0 Å². The molecule has 0 aromatic rings. The number of carbonyl (C=O) groups is 3. The van der Waals surface area contributed by atoms with Crippen LogP contribution in [-0.4, -0.2) is 37.2 Å². The summed E-state index contributed by atoms with van der Waals surface area (Å²) in [4.78, 5) is 37.3. The maximum atomic E-state index is 12.6. The molecule has 0 rings (SSSR count). The van der Waals surface area contributed by atoms with Crippen molar-refractivity contribution in [2.75, 3.05) is 13.2 Å². The Morgan fingerprint density at radius 2 is 0.660 bits per heavy atom. The smallest absolute Gasteiger partial charge is 0.306 e. The standard InChI is InChI=1S/C44H84O6/c1-5-7-9-11-12-13-21-25-29-33-37-44(47)50-41(38-48-42(45)35-31-26-10-8-6-2)39-49-43(46)36-32-28-24-22-19-17-15-14-16-18-20-23-27-30-34-40(3)4/h40-41H,5-39H2,1-4H3/t41-/m1/s1. The molecule has 50 heavy (non-hydrogen) atoms. The van der Waals surface area contributed by atoms with E-state index in [0.717, 1.165) is 70.1 Å². The summed E-state index contributed by atoms with van der Waals surface area (Å²) in [5.41, 5.74) is 0. The number of carbonyl (C=O) groups excluding carboxylic acids is 3. The number of hydrogen-bond donors (Lipinski definition) is 0. The van der Waals surface area contributed by atoms with Gasteiger partial charge in [0.1, 0.15) is 13.2 Å². The van der Waals surface area contributed by atoms with Crippen LogP contribution in [0.1, 0.15) is 240 Å². The summed E-state index contributed by atoms with van der Waals surface area (Å²) in [6.07, 6.45) is 36.9. The second kappa shape index (κ2) is 38.6. The van der Waals surface area contributed by atoms with Gasteiger partial charge >= 0.3 is 17.9 Å². The van der Waals surface area contributed by atoms with E-state index in [4.69, 9.17) is 14.2 Å². The second-order valence-corrected chi connectivity index (χ2v) is 15.5. The third-order valence-electron chi connectivity index (χ3n) is 9.79. The van der Waals surface area contributed by atoms with Crippen molar-refractivity contribution in [3.63, 3.8) is 0 Å². The first-order chi connectivity index (χ1) is 24.4. The zero-order valence-electron chi connectivity index (χ0n) is 33.9. The molecule has 0 aliphatic carbocycles. The summed E-state index contributed by atoms with van der Waals surface area (Å²) in [6.45, 7) is 8.91. The lowest BCUT2D eigenvalue weighted by Crippen LogP contribution is -2.30. The predicted octanol–water partition coefficient (Wildman–Crippen LogP) is 13.6. The van der Waals surface area contributed by atoms with Crippen LogP contribution in [0.15, 0.2) is 0 Å². The van der Waals surface area contributed by atoms with Gasteiger partial charge < -0.3 is 14.2 Å². The third kappa shape index (κ3) is 37.7. The second-order valence-electron chi connectivity index (χ2n) is 15.5. The van der Waals surface area contributed by atoms with E-state index in [9.17, 15) is 14.4 Å². The van der Waals surface area contributed by atoms with Gasteiger partial charge in [-0.2, -0.15) is 0 Å². The van der Waals surface area contributed by atoms with E-state index in [-0.39, 0.29) is 31.1 Å². The van der Waals surface area contributed by atoms with Gasteiger partial charge in [-0.25, -0.2) is 0 Å². The van der Waals surface area contributed by atoms with Crippen molar-refractivity contribution in [2.45, 2.75) is 246 Å². The molecule has 6 nitrogen and oxygen atoms in total. The number of unbranched alkanes of at least 4 members (excludes halogenated alkanes) is 26. The summed E-state index contributed by atoms with van der Waals surface area (Å²) in [5, 5.41) is 0. The lowest BCUT2D eigenvalue weighted by atomic mass is 10.0. The van der Waals surface area contributed by atoms with E-state index in [1.54, 1.807) is 0 Å². The Kier molecular flexibility index (Phi) is 37.4. The van der Waals surface area contributed by atoms with Gasteiger partial charge in [0, 0.05) is 19.3 Å². The molecule has 0 radical (unpaired) electrons. The van der Waals surface area contributed by atoms with Gasteiger partial charge in [-0.1, -0.05) is 201 Å². The fraction of sp³-hybridized carbons (Fsp3) is 0.932. The summed E-state index contributed by atoms with van der Waals surface area (Å²) in [6, 6.07) is 0. The minimum Gasteiger partial charge on any atom is -0.462 e. The van der Waals surface area contributed by atoms with Crippen molar-refractivity contribution in [3.05, 3.63) is 0 Å². The summed E-state index contributed by atoms with van der Waals surface area (Å²) < 4.78 is 16.6. The third-order valence-corrected chi connectivity index (χ3v) is 9.79. The first kappa shape index (κ1) is 48.4. The quantitative estimate of drug-likeness (QED) is 0.0359. The maximum absolute atomic E-state index is 12.6. The van der Waals surface area contributed by atoms with E-state index in [1.807, 2.05) is 0 Å². The Labute approximate surface area is 310 Å². The molecule has 0 saturated carbocycles. The van der Waals surface area contributed by atoms with Gasteiger partial charge in [-0.05, 0) is 25.2 Å². The van der Waals surface area contributed by atoms with Gasteiger partial charge in [0.15, 0.2) is 6.10 Å². The molecule has 0 spiro atoms. The lowest BCUT2D eigenvalue weighted by Gasteiger charge is -2.18. The monoisotopic (exact) mass is 709 g/mol. The summed E-state index contributed by atoms with van der Waals surface area (Å²) in [5.74, 6) is -0.0271. The molecule has 0 bridgehead atoms. The number of esters is 3. The molecular formula is C44H84O6. The number of rotatable bonds is 39. The summed E-state index contributed by atoms with van der Waals surface area (Å²) in [7, 11) is 0. The van der Waals surface area contributed by atoms with Gasteiger partial charge in [0.05, 0.1) is 0 Å². The first-order valence-corrected chi connectivity index (χ1v) is 21.9. The highest BCUT2D eigenvalue weighted by Crippen LogP contribution is 2.16. The van der Waals surface area contributed by atoms with Crippen LogP contribution in [0.25, 0.3) is 0 Å². The van der Waals surface area contributed by atoms with Crippen LogP contribution in [-0.2, 0) is 28.6 Å². The van der Waals surface area contributed by atoms with Crippen LogP contribution in [0.4, 0.5) is 0 Å². The highest BCUT2D eigenvalue weighted by Gasteiger charge is 2.19. The molecule has 0 heterocycles. The van der Waals surface area contributed by atoms with E-state index >= 15 is 0 Å². The largest absolute Gasteiger partial charge is 0.462 e. The van der Waals surface area contributed by atoms with Crippen LogP contribution in [0.2, 0.25) is 0 Å². The van der Waals surface area contributed by atoms with E-state index in [0.29, 0.717) is 19.3 Å². The maximum Gasteiger partial charge on any atom is 0.306 e. The summed E-state index contributed by atoms with van der Waals surface area (Å²) >= 11 is 0. The zero-order valence-corrected chi connectivity index (χ0v) is 33.9. The Morgan fingerprint density at radius 3 is 0.980 bits per heavy atom. The van der Waals surface area contributed by atoms with E-state index in [1.165, 1.54) is 128 Å². The molecule has 6 heteroatoms. The zero-order chi connectivity index (χ0) is 36.8. The molecule has 0 saturated heterocycles. The molecule has 0 fully saturated rings. The molecule has 1 atom stereocenters. The lowest BCUT2D eigenvalue weighted by molar-refractivity contribution is -0.167. The van der Waals surface area contributed by atoms with Crippen LogP contribution in [0.3, 0.4) is 0 Å². The highest BCUT2D eigenvalue weighted by atomic mass is 16.6. The van der Waals surface area contributed by atoms with E-state index < -0.39 is 6.10 Å². The van der Waals surface area contributed by atoms with E-state index in [2.05, 4.69) is 27.7 Å². The van der Waals surface area contributed by atoms with Crippen molar-refractivity contribution in [2.24, 2.45) is 5.92 Å². The average molecular weight is 709 g/mol. The highest BCUT2D eigenvalue weighted by molar-refractivity contribution is 5.71. The first-order valence-electron chi connectivity index (χ1n) is 21.9. The van der Waals surface area contributed by atoms with Crippen LogP contribution < -0.4 is 0 Å². The molecule has 0 aliphatic rings. The SMILES string of the molecule is CCCCCCCCCCCCC(=O)O[C@H](COC(=O)CCCCCCC)COC(=O)CCCCCCCCCCCCCCCCC(C)C. The molecule has 0 unspecified atom stereocenters. The average Bonchev–Trinajstić information content (AvgIpc) is 3.09. The van der Waals surface area contributed by atoms with Crippen LogP contribution >= 0.6 is 0 Å². The molecular weight excluding hydrogens is 624 g/mol. The number of hydrogen-bond acceptors (Lipinski definition) is 6. The Hall–Kier alpha value is -1.59. The fourth-order valence-electron chi connectivity index (χ4n) is 6.45. The van der Waals surface area contributed by atoms with Gasteiger partial charge in [0.2, 0.25) is 0 Å². The molecule has 0 amide bonds.